The van der Waals surface area contributed by atoms with Crippen molar-refractivity contribution in [2.75, 3.05) is 11.9 Å². The van der Waals surface area contributed by atoms with Crippen LogP contribution in [0.25, 0.3) is 0 Å². The van der Waals surface area contributed by atoms with Gasteiger partial charge in [-0.1, -0.05) is 78.3 Å². The van der Waals surface area contributed by atoms with Crippen LogP contribution in [0.3, 0.4) is 0 Å². The second kappa shape index (κ2) is 8.85. The molecule has 3 aromatic rings. The minimum absolute atomic E-state index is 0.272. The molecule has 0 radical (unpaired) electrons. The van der Waals surface area contributed by atoms with Crippen LogP contribution in [0.4, 0.5) is 10.5 Å². The average Bonchev–Trinajstić information content (AvgIpc) is 3.02. The van der Waals surface area contributed by atoms with E-state index in [0.717, 1.165) is 16.0 Å². The number of hydrogen-bond donors (Lipinski definition) is 2. The largest absolute Gasteiger partial charge is 0.325 e. The van der Waals surface area contributed by atoms with Gasteiger partial charge in [-0.25, -0.2) is 4.79 Å². The second-order valence-corrected chi connectivity index (χ2v) is 8.20. The minimum atomic E-state index is -1.29. The van der Waals surface area contributed by atoms with Gasteiger partial charge in [0.1, 0.15) is 6.54 Å². The average molecular weight is 448 g/mol. The molecule has 0 aliphatic carbocycles. The molecule has 0 aromatic heterocycles. The van der Waals surface area contributed by atoms with Gasteiger partial charge in [-0.2, -0.15) is 0 Å². The fourth-order valence-corrected chi connectivity index (χ4v) is 4.05. The number of imide groups is 1. The number of urea groups is 1. The van der Waals surface area contributed by atoms with Crippen LogP contribution in [0.2, 0.25) is 5.02 Å². The quantitative estimate of drug-likeness (QED) is 0.554. The maximum absolute atomic E-state index is 13.6. The lowest BCUT2D eigenvalue weighted by atomic mass is 9.83. The van der Waals surface area contributed by atoms with E-state index in [1.807, 2.05) is 55.5 Å². The van der Waals surface area contributed by atoms with Gasteiger partial charge in [0, 0.05) is 17.1 Å². The Morgan fingerprint density at radius 3 is 2.34 bits per heavy atom. The molecule has 32 heavy (non-hydrogen) atoms. The van der Waals surface area contributed by atoms with Crippen molar-refractivity contribution in [2.45, 2.75) is 18.9 Å². The lowest BCUT2D eigenvalue weighted by Crippen LogP contribution is -2.46. The number of rotatable bonds is 6. The molecule has 0 spiro atoms. The molecule has 2 N–H and O–H groups in total. The highest BCUT2D eigenvalue weighted by Gasteiger charge is 2.52. The number of amides is 4. The molecule has 0 unspecified atom stereocenters. The van der Waals surface area contributed by atoms with Crippen LogP contribution >= 0.6 is 11.6 Å². The van der Waals surface area contributed by atoms with Gasteiger partial charge < -0.3 is 10.6 Å². The Bertz CT molecular complexity index is 1170. The van der Waals surface area contributed by atoms with Crippen molar-refractivity contribution >= 4 is 35.1 Å². The van der Waals surface area contributed by atoms with Gasteiger partial charge in [-0.05, 0) is 35.7 Å². The molecule has 1 atom stereocenters. The zero-order valence-corrected chi connectivity index (χ0v) is 18.2. The molecule has 1 aliphatic heterocycles. The Balaban J connectivity index is 1.61. The van der Waals surface area contributed by atoms with E-state index in [4.69, 9.17) is 11.6 Å². The van der Waals surface area contributed by atoms with Crippen LogP contribution in [-0.2, 0) is 21.5 Å². The Labute approximate surface area is 191 Å². The van der Waals surface area contributed by atoms with E-state index >= 15 is 0 Å². The Morgan fingerprint density at radius 2 is 1.66 bits per heavy atom. The molecular formula is C25H22ClN3O3. The smallest absolute Gasteiger partial charge is 0.324 e. The molecule has 0 bridgehead atoms. The van der Waals surface area contributed by atoms with Crippen LogP contribution in [0.15, 0.2) is 78.9 Å². The first-order chi connectivity index (χ1) is 15.4. The van der Waals surface area contributed by atoms with Crippen molar-refractivity contribution in [1.29, 1.82) is 0 Å². The summed E-state index contributed by atoms with van der Waals surface area (Å²) in [4.78, 5) is 40.1. The van der Waals surface area contributed by atoms with Crippen molar-refractivity contribution in [1.82, 2.24) is 10.2 Å². The number of benzene rings is 3. The lowest BCUT2D eigenvalue weighted by molar-refractivity contribution is -0.134. The highest BCUT2D eigenvalue weighted by atomic mass is 35.5. The summed E-state index contributed by atoms with van der Waals surface area (Å²) in [5.41, 5.74) is 1.63. The van der Waals surface area contributed by atoms with Gasteiger partial charge in [0.15, 0.2) is 5.54 Å². The van der Waals surface area contributed by atoms with Gasteiger partial charge in [0.05, 0.1) is 0 Å². The summed E-state index contributed by atoms with van der Waals surface area (Å²) in [6.07, 6.45) is 0.272. The summed E-state index contributed by atoms with van der Waals surface area (Å²) >= 11 is 6.02. The highest BCUT2D eigenvalue weighted by Crippen LogP contribution is 2.33. The molecule has 1 fully saturated rings. The minimum Gasteiger partial charge on any atom is -0.324 e. The second-order valence-electron chi connectivity index (χ2n) is 7.76. The highest BCUT2D eigenvalue weighted by molar-refractivity contribution is 6.31. The van der Waals surface area contributed by atoms with E-state index in [2.05, 4.69) is 10.6 Å². The lowest BCUT2D eigenvalue weighted by Gasteiger charge is -2.27. The van der Waals surface area contributed by atoms with Crippen molar-refractivity contribution in [2.24, 2.45) is 0 Å². The van der Waals surface area contributed by atoms with Gasteiger partial charge in [-0.15, -0.1) is 0 Å². The molecule has 3 aromatic carbocycles. The standard InChI is InChI=1S/C25H22ClN3O3/c1-17-12-13-20(26)14-21(17)27-22(30)16-29-23(31)25(28-24(29)32,19-10-6-3-7-11-19)15-18-8-4-2-5-9-18/h2-14H,15-16H2,1H3,(H,27,30)(H,28,32)/t25-/m1/s1. The fraction of sp³-hybridized carbons (Fsp3) is 0.160. The van der Waals surface area contributed by atoms with E-state index in [-0.39, 0.29) is 6.42 Å². The fourth-order valence-electron chi connectivity index (χ4n) is 3.87. The van der Waals surface area contributed by atoms with Crippen LogP contribution in [0.5, 0.6) is 0 Å². The number of nitrogens with zero attached hydrogens (tertiary/aromatic N) is 1. The van der Waals surface area contributed by atoms with E-state index in [1.165, 1.54) is 0 Å². The van der Waals surface area contributed by atoms with Gasteiger partial charge >= 0.3 is 6.03 Å². The van der Waals surface area contributed by atoms with Gasteiger partial charge in [-0.3, -0.25) is 14.5 Å². The molecule has 162 valence electrons. The summed E-state index contributed by atoms with van der Waals surface area (Å²) in [5, 5.41) is 6.08. The van der Waals surface area contributed by atoms with E-state index in [9.17, 15) is 14.4 Å². The van der Waals surface area contributed by atoms with Crippen molar-refractivity contribution in [3.05, 3.63) is 101 Å². The normalized spacial score (nSPS) is 17.9. The Morgan fingerprint density at radius 1 is 1.00 bits per heavy atom. The monoisotopic (exact) mass is 447 g/mol. The Hall–Kier alpha value is -3.64. The van der Waals surface area contributed by atoms with Crippen LogP contribution < -0.4 is 10.6 Å². The maximum Gasteiger partial charge on any atom is 0.325 e. The van der Waals surface area contributed by atoms with Crippen LogP contribution in [-0.4, -0.2) is 29.3 Å². The summed E-state index contributed by atoms with van der Waals surface area (Å²) in [7, 11) is 0. The van der Waals surface area contributed by atoms with Crippen molar-refractivity contribution in [3.8, 4) is 0 Å². The third-order valence-corrected chi connectivity index (χ3v) is 5.76. The maximum atomic E-state index is 13.6. The van der Waals surface area contributed by atoms with Gasteiger partial charge in [0.2, 0.25) is 5.91 Å². The molecular weight excluding hydrogens is 426 g/mol. The van der Waals surface area contributed by atoms with Gasteiger partial charge in [0.25, 0.3) is 5.91 Å². The first-order valence-electron chi connectivity index (χ1n) is 10.2. The van der Waals surface area contributed by atoms with Crippen molar-refractivity contribution in [3.63, 3.8) is 0 Å². The number of carbonyl (C=O) groups is 3. The number of halogens is 1. The first-order valence-corrected chi connectivity index (χ1v) is 10.6. The summed E-state index contributed by atoms with van der Waals surface area (Å²) in [5.74, 6) is -0.946. The Kier molecular flexibility index (Phi) is 5.97. The predicted molar refractivity (Wildman–Crippen MR) is 123 cm³/mol. The SMILES string of the molecule is Cc1ccc(Cl)cc1NC(=O)CN1C(=O)N[C@](Cc2ccccc2)(c2ccccc2)C1=O. The third kappa shape index (κ3) is 4.22. The topological polar surface area (TPSA) is 78.5 Å². The summed E-state index contributed by atoms with van der Waals surface area (Å²) in [6.45, 7) is 1.43. The molecule has 1 heterocycles. The third-order valence-electron chi connectivity index (χ3n) is 5.53. The first kappa shape index (κ1) is 21.6. The number of carbonyl (C=O) groups excluding carboxylic acids is 3. The number of aryl methyl sites for hydroxylation is 1. The summed E-state index contributed by atoms with van der Waals surface area (Å²) < 4.78 is 0. The molecule has 1 aliphatic rings. The molecule has 4 amide bonds. The van der Waals surface area contributed by atoms with E-state index in [0.29, 0.717) is 16.3 Å². The summed E-state index contributed by atoms with van der Waals surface area (Å²) in [6, 6.07) is 23.1. The number of anilines is 1. The molecule has 7 heteroatoms. The predicted octanol–water partition coefficient (Wildman–Crippen LogP) is 4.28. The number of nitrogens with one attached hydrogen (secondary N) is 2. The van der Waals surface area contributed by atoms with Crippen LogP contribution in [0, 0.1) is 6.92 Å². The molecule has 6 nitrogen and oxygen atoms in total. The van der Waals surface area contributed by atoms with Crippen LogP contribution in [0.1, 0.15) is 16.7 Å². The molecule has 4 rings (SSSR count). The zero-order chi connectivity index (χ0) is 22.7. The molecule has 0 saturated carbocycles. The van der Waals surface area contributed by atoms with E-state index < -0.39 is 29.9 Å². The molecule has 1 saturated heterocycles. The zero-order valence-electron chi connectivity index (χ0n) is 17.5. The van der Waals surface area contributed by atoms with E-state index in [1.54, 1.807) is 30.3 Å². The number of hydrogen-bond acceptors (Lipinski definition) is 3. The van der Waals surface area contributed by atoms with Crippen molar-refractivity contribution < 1.29 is 14.4 Å².